The first-order valence-corrected chi connectivity index (χ1v) is 5.95. The summed E-state index contributed by atoms with van der Waals surface area (Å²) < 4.78 is 102. The minimum atomic E-state index is -5.89. The van der Waals surface area contributed by atoms with Gasteiger partial charge in [-0.3, -0.25) is 0 Å². The molecule has 0 unspecified atom stereocenters. The number of hydrogen-bond acceptors (Lipinski definition) is 1. The molecule has 9 heteroatoms. The predicted molar refractivity (Wildman–Crippen MR) is 53.1 cm³/mol. The molecular formula is C11H14F8O. The Hall–Kier alpha value is -0.600. The first-order chi connectivity index (χ1) is 8.71. The van der Waals surface area contributed by atoms with Crippen molar-refractivity contribution in [3.05, 3.63) is 0 Å². The minimum Gasteiger partial charge on any atom is -0.373 e. The summed E-state index contributed by atoms with van der Waals surface area (Å²) in [4.78, 5) is 0. The van der Waals surface area contributed by atoms with Gasteiger partial charge < -0.3 is 5.11 Å². The van der Waals surface area contributed by atoms with Crippen molar-refractivity contribution in [1.82, 2.24) is 0 Å². The van der Waals surface area contributed by atoms with Gasteiger partial charge in [0.1, 0.15) is 0 Å². The first-order valence-electron chi connectivity index (χ1n) is 5.95. The Morgan fingerprint density at radius 1 is 0.700 bits per heavy atom. The third kappa shape index (κ3) is 3.01. The van der Waals surface area contributed by atoms with Crippen LogP contribution in [0.25, 0.3) is 0 Å². The molecular weight excluding hydrogens is 300 g/mol. The lowest BCUT2D eigenvalue weighted by Crippen LogP contribution is -2.62. The normalized spacial score (nSPS) is 26.7. The molecule has 1 aliphatic carbocycles. The summed E-state index contributed by atoms with van der Waals surface area (Å²) in [5, 5.41) is 9.16. The Bertz CT molecular complexity index is 318. The molecule has 1 nitrogen and oxygen atoms in total. The second-order valence-electron chi connectivity index (χ2n) is 5.27. The van der Waals surface area contributed by atoms with Crippen LogP contribution in [-0.4, -0.2) is 29.0 Å². The number of aliphatic hydroxyl groups is 1. The van der Waals surface area contributed by atoms with Gasteiger partial charge in [0.05, 0.1) is 0 Å². The zero-order valence-corrected chi connectivity index (χ0v) is 10.5. The standard InChI is InChI=1S/C11H14F8O/c1-8(12,13)6-2-4-7(5-3-6)9(20,10(14,15)16)11(17,18)19/h6-7,20H,2-5H2,1H3. The van der Waals surface area contributed by atoms with Crippen molar-refractivity contribution in [2.45, 2.75) is 56.5 Å². The Kier molecular flexibility index (Phi) is 4.36. The van der Waals surface area contributed by atoms with Crippen LogP contribution in [0, 0.1) is 11.8 Å². The summed E-state index contributed by atoms with van der Waals surface area (Å²) in [5.41, 5.74) is -4.84. The molecule has 1 fully saturated rings. The largest absolute Gasteiger partial charge is 0.426 e. The van der Waals surface area contributed by atoms with Gasteiger partial charge in [0.15, 0.2) is 0 Å². The van der Waals surface area contributed by atoms with Crippen LogP contribution >= 0.6 is 0 Å². The monoisotopic (exact) mass is 314 g/mol. The van der Waals surface area contributed by atoms with E-state index < -0.39 is 61.4 Å². The Labute approximate surface area is 110 Å². The van der Waals surface area contributed by atoms with Crippen molar-refractivity contribution in [2.24, 2.45) is 11.8 Å². The number of alkyl halides is 8. The summed E-state index contributed by atoms with van der Waals surface area (Å²) in [6.45, 7) is 0.581. The van der Waals surface area contributed by atoms with Gasteiger partial charge in [0.25, 0.3) is 5.60 Å². The average molecular weight is 314 g/mol. The van der Waals surface area contributed by atoms with E-state index in [2.05, 4.69) is 0 Å². The minimum absolute atomic E-state index is 0.483. The molecule has 0 spiro atoms. The van der Waals surface area contributed by atoms with Gasteiger partial charge in [-0.25, -0.2) is 8.78 Å². The molecule has 20 heavy (non-hydrogen) atoms. The van der Waals surface area contributed by atoms with Crippen LogP contribution in [0.4, 0.5) is 35.1 Å². The fraction of sp³-hybridized carbons (Fsp3) is 1.00. The van der Waals surface area contributed by atoms with Crippen LogP contribution in [0.3, 0.4) is 0 Å². The van der Waals surface area contributed by atoms with Crippen LogP contribution in [0.15, 0.2) is 0 Å². The van der Waals surface area contributed by atoms with E-state index in [0.29, 0.717) is 6.92 Å². The molecule has 0 amide bonds. The second-order valence-corrected chi connectivity index (χ2v) is 5.27. The topological polar surface area (TPSA) is 20.2 Å². The highest BCUT2D eigenvalue weighted by Gasteiger charge is 2.73. The van der Waals surface area contributed by atoms with Gasteiger partial charge in [0, 0.05) is 11.8 Å². The molecule has 0 aromatic carbocycles. The zero-order chi connectivity index (χ0) is 16.0. The maximum Gasteiger partial charge on any atom is 0.426 e. The predicted octanol–water partition coefficient (Wildman–Crippen LogP) is 4.30. The number of rotatable bonds is 2. The zero-order valence-electron chi connectivity index (χ0n) is 10.5. The molecule has 0 heterocycles. The van der Waals surface area contributed by atoms with Gasteiger partial charge >= 0.3 is 12.4 Å². The molecule has 0 aromatic rings. The Morgan fingerprint density at radius 2 is 1.00 bits per heavy atom. The van der Waals surface area contributed by atoms with Crippen molar-refractivity contribution >= 4 is 0 Å². The molecule has 1 rings (SSSR count). The molecule has 0 bridgehead atoms. The van der Waals surface area contributed by atoms with Crippen molar-refractivity contribution in [3.8, 4) is 0 Å². The van der Waals surface area contributed by atoms with E-state index in [1.54, 1.807) is 0 Å². The lowest BCUT2D eigenvalue weighted by molar-refractivity contribution is -0.387. The second kappa shape index (κ2) is 4.99. The van der Waals surface area contributed by atoms with Gasteiger partial charge in [-0.2, -0.15) is 26.3 Å². The summed E-state index contributed by atoms with van der Waals surface area (Å²) >= 11 is 0. The Morgan fingerprint density at radius 3 is 1.25 bits per heavy atom. The average Bonchev–Trinajstić information content (AvgIpc) is 2.24. The van der Waals surface area contributed by atoms with Crippen LogP contribution < -0.4 is 0 Å². The van der Waals surface area contributed by atoms with Gasteiger partial charge in [0.2, 0.25) is 5.92 Å². The fourth-order valence-electron chi connectivity index (χ4n) is 2.64. The number of halogens is 8. The van der Waals surface area contributed by atoms with E-state index >= 15 is 0 Å². The summed E-state index contributed by atoms with van der Waals surface area (Å²) in [7, 11) is 0. The van der Waals surface area contributed by atoms with Crippen LogP contribution in [0.2, 0.25) is 0 Å². The smallest absolute Gasteiger partial charge is 0.373 e. The molecule has 0 aliphatic heterocycles. The SMILES string of the molecule is CC(F)(F)C1CCC(C(O)(C(F)(F)F)C(F)(F)F)CC1. The molecule has 0 radical (unpaired) electrons. The highest BCUT2D eigenvalue weighted by atomic mass is 19.4. The maximum atomic E-state index is 13.0. The third-order valence-electron chi connectivity index (χ3n) is 3.90. The third-order valence-corrected chi connectivity index (χ3v) is 3.90. The quantitative estimate of drug-likeness (QED) is 0.753. The van der Waals surface area contributed by atoms with Crippen LogP contribution in [-0.2, 0) is 0 Å². The van der Waals surface area contributed by atoms with E-state index in [9.17, 15) is 35.1 Å². The van der Waals surface area contributed by atoms with Gasteiger partial charge in [-0.05, 0) is 32.6 Å². The molecule has 0 saturated heterocycles. The van der Waals surface area contributed by atoms with Crippen LogP contribution in [0.5, 0.6) is 0 Å². The van der Waals surface area contributed by atoms with E-state index in [4.69, 9.17) is 5.11 Å². The Balaban J connectivity index is 2.94. The van der Waals surface area contributed by atoms with Crippen LogP contribution in [0.1, 0.15) is 32.6 Å². The van der Waals surface area contributed by atoms with Crippen molar-refractivity contribution in [2.75, 3.05) is 0 Å². The molecule has 1 N–H and O–H groups in total. The van der Waals surface area contributed by atoms with E-state index in [0.717, 1.165) is 0 Å². The summed E-state index contributed by atoms with van der Waals surface area (Å²) in [6, 6.07) is 0. The fourth-order valence-corrected chi connectivity index (χ4v) is 2.64. The van der Waals surface area contributed by atoms with E-state index in [1.165, 1.54) is 0 Å². The molecule has 1 aliphatic rings. The highest BCUT2D eigenvalue weighted by Crippen LogP contribution is 2.53. The highest BCUT2D eigenvalue weighted by molar-refractivity contribution is 5.01. The van der Waals surface area contributed by atoms with Crippen molar-refractivity contribution in [1.29, 1.82) is 0 Å². The lowest BCUT2D eigenvalue weighted by atomic mass is 9.71. The molecule has 0 aromatic heterocycles. The maximum absolute atomic E-state index is 13.0. The molecule has 120 valence electrons. The summed E-state index contributed by atoms with van der Waals surface area (Å²) in [5.74, 6) is -6.56. The first kappa shape index (κ1) is 17.5. The van der Waals surface area contributed by atoms with Crippen molar-refractivity contribution in [3.63, 3.8) is 0 Å². The van der Waals surface area contributed by atoms with E-state index in [-0.39, 0.29) is 0 Å². The van der Waals surface area contributed by atoms with Crippen molar-refractivity contribution < 1.29 is 40.2 Å². The lowest BCUT2D eigenvalue weighted by Gasteiger charge is -2.42. The molecule has 1 saturated carbocycles. The molecule has 0 atom stereocenters. The number of hydrogen-bond donors (Lipinski definition) is 1. The van der Waals surface area contributed by atoms with Gasteiger partial charge in [-0.1, -0.05) is 0 Å². The van der Waals surface area contributed by atoms with E-state index in [1.807, 2.05) is 0 Å². The van der Waals surface area contributed by atoms with Gasteiger partial charge in [-0.15, -0.1) is 0 Å². The summed E-state index contributed by atoms with van der Waals surface area (Å²) in [6.07, 6.45) is -14.2.